The summed E-state index contributed by atoms with van der Waals surface area (Å²) in [5, 5.41) is 11.3. The first kappa shape index (κ1) is 14.4. The number of nitrogens with zero attached hydrogens (tertiary/aromatic N) is 1. The van der Waals surface area contributed by atoms with Gasteiger partial charge >= 0.3 is 0 Å². The smallest absolute Gasteiger partial charge is 0.160 e. The van der Waals surface area contributed by atoms with Gasteiger partial charge in [-0.2, -0.15) is 0 Å². The lowest BCUT2D eigenvalue weighted by atomic mass is 9.83. The number of hydrogen-bond donors (Lipinski definition) is 1. The van der Waals surface area contributed by atoms with Gasteiger partial charge in [0.2, 0.25) is 0 Å². The Balaban J connectivity index is 2.27. The quantitative estimate of drug-likeness (QED) is 0.800. The van der Waals surface area contributed by atoms with E-state index in [1.165, 1.54) is 42.6 Å². The van der Waals surface area contributed by atoms with Crippen molar-refractivity contribution in [1.29, 1.82) is 0 Å². The fraction of sp³-hybridized carbons (Fsp3) is 0.0556. The maximum atomic E-state index is 14.3. The average molecular weight is 297 g/mol. The zero-order chi connectivity index (χ0) is 15.6. The van der Waals surface area contributed by atoms with Gasteiger partial charge in [0.15, 0.2) is 5.60 Å². The Morgan fingerprint density at radius 2 is 1.50 bits per heavy atom. The number of benzene rings is 2. The van der Waals surface area contributed by atoms with Crippen LogP contribution in [0, 0.1) is 11.6 Å². The summed E-state index contributed by atoms with van der Waals surface area (Å²) in [7, 11) is 0. The van der Waals surface area contributed by atoms with E-state index in [0.717, 1.165) is 0 Å². The van der Waals surface area contributed by atoms with Crippen LogP contribution in [0.5, 0.6) is 0 Å². The van der Waals surface area contributed by atoms with Gasteiger partial charge in [-0.25, -0.2) is 8.78 Å². The Bertz CT molecular complexity index is 775. The highest BCUT2D eigenvalue weighted by Gasteiger charge is 2.37. The number of aliphatic hydroxyl groups is 1. The van der Waals surface area contributed by atoms with Crippen LogP contribution in [-0.2, 0) is 5.60 Å². The molecule has 22 heavy (non-hydrogen) atoms. The molecule has 0 spiro atoms. The number of halogens is 2. The molecule has 1 heterocycles. The lowest BCUT2D eigenvalue weighted by Gasteiger charge is -2.29. The summed E-state index contributed by atoms with van der Waals surface area (Å²) >= 11 is 0. The summed E-state index contributed by atoms with van der Waals surface area (Å²) in [6.45, 7) is 0. The van der Waals surface area contributed by atoms with Crippen LogP contribution in [0.1, 0.15) is 16.8 Å². The minimum atomic E-state index is -1.79. The molecule has 1 aromatic heterocycles. The largest absolute Gasteiger partial charge is 0.374 e. The summed E-state index contributed by atoms with van der Waals surface area (Å²) < 4.78 is 27.5. The second-order valence-corrected chi connectivity index (χ2v) is 4.91. The molecule has 0 radical (unpaired) electrons. The van der Waals surface area contributed by atoms with Crippen molar-refractivity contribution >= 4 is 0 Å². The van der Waals surface area contributed by atoms with E-state index in [1.807, 2.05) is 0 Å². The third-order valence-corrected chi connectivity index (χ3v) is 3.56. The number of aromatic nitrogens is 1. The van der Waals surface area contributed by atoms with E-state index in [-0.39, 0.29) is 11.3 Å². The molecular formula is C18H13F2NO. The van der Waals surface area contributed by atoms with E-state index < -0.39 is 17.2 Å². The molecule has 4 heteroatoms. The van der Waals surface area contributed by atoms with Gasteiger partial charge in [-0.3, -0.25) is 4.98 Å². The molecule has 0 bridgehead atoms. The predicted octanol–water partition coefficient (Wildman–Crippen LogP) is 3.64. The highest BCUT2D eigenvalue weighted by atomic mass is 19.1. The van der Waals surface area contributed by atoms with Crippen LogP contribution in [0.15, 0.2) is 72.9 Å². The fourth-order valence-corrected chi connectivity index (χ4v) is 2.46. The molecule has 0 saturated carbocycles. The summed E-state index contributed by atoms with van der Waals surface area (Å²) in [4.78, 5) is 4.16. The standard InChI is InChI=1S/C18H13F2NO/c19-14-10-8-13(9-11-14)18(22,17-7-3-4-12-21-17)15-5-1-2-6-16(15)20/h1-12,22H. The Hall–Kier alpha value is -2.59. The molecule has 1 unspecified atom stereocenters. The first-order chi connectivity index (χ1) is 10.6. The first-order valence-electron chi connectivity index (χ1n) is 6.77. The second kappa shape index (κ2) is 5.66. The minimum absolute atomic E-state index is 0.0697. The van der Waals surface area contributed by atoms with E-state index in [1.54, 1.807) is 30.3 Å². The minimum Gasteiger partial charge on any atom is -0.374 e. The van der Waals surface area contributed by atoms with Gasteiger partial charge in [-0.1, -0.05) is 36.4 Å². The molecule has 1 atom stereocenters. The molecule has 0 saturated heterocycles. The maximum Gasteiger partial charge on any atom is 0.160 e. The van der Waals surface area contributed by atoms with Crippen LogP contribution in [0.3, 0.4) is 0 Å². The molecule has 0 aliphatic carbocycles. The second-order valence-electron chi connectivity index (χ2n) is 4.91. The molecule has 0 aliphatic rings. The monoisotopic (exact) mass is 297 g/mol. The fourth-order valence-electron chi connectivity index (χ4n) is 2.46. The van der Waals surface area contributed by atoms with Gasteiger partial charge in [-0.05, 0) is 35.9 Å². The third kappa shape index (κ3) is 2.38. The zero-order valence-electron chi connectivity index (χ0n) is 11.6. The van der Waals surface area contributed by atoms with Crippen molar-refractivity contribution in [3.05, 3.63) is 101 Å². The van der Waals surface area contributed by atoms with E-state index in [4.69, 9.17) is 0 Å². The molecule has 3 rings (SSSR count). The zero-order valence-corrected chi connectivity index (χ0v) is 11.6. The normalized spacial score (nSPS) is 13.6. The number of hydrogen-bond acceptors (Lipinski definition) is 2. The van der Waals surface area contributed by atoms with E-state index in [0.29, 0.717) is 5.56 Å². The molecule has 3 aromatic rings. The first-order valence-corrected chi connectivity index (χ1v) is 6.77. The van der Waals surface area contributed by atoms with Gasteiger partial charge in [0.05, 0.1) is 5.69 Å². The molecule has 0 fully saturated rings. The van der Waals surface area contributed by atoms with Crippen molar-refractivity contribution in [2.45, 2.75) is 5.60 Å². The summed E-state index contributed by atoms with van der Waals surface area (Å²) in [5.74, 6) is -0.986. The topological polar surface area (TPSA) is 33.1 Å². The van der Waals surface area contributed by atoms with Crippen molar-refractivity contribution in [3.8, 4) is 0 Å². The van der Waals surface area contributed by atoms with Crippen molar-refractivity contribution < 1.29 is 13.9 Å². The molecule has 0 aliphatic heterocycles. The lowest BCUT2D eigenvalue weighted by Crippen LogP contribution is -2.31. The Kier molecular flexibility index (Phi) is 3.69. The van der Waals surface area contributed by atoms with Crippen LogP contribution in [0.2, 0.25) is 0 Å². The van der Waals surface area contributed by atoms with Gasteiger partial charge in [0.25, 0.3) is 0 Å². The molecule has 1 N–H and O–H groups in total. The lowest BCUT2D eigenvalue weighted by molar-refractivity contribution is 0.116. The molecule has 0 amide bonds. The average Bonchev–Trinajstić information content (AvgIpc) is 2.56. The Morgan fingerprint density at radius 1 is 0.818 bits per heavy atom. The summed E-state index contributed by atoms with van der Waals surface area (Å²) in [6.07, 6.45) is 1.52. The highest BCUT2D eigenvalue weighted by molar-refractivity contribution is 5.44. The van der Waals surface area contributed by atoms with Crippen molar-refractivity contribution in [1.82, 2.24) is 4.98 Å². The summed E-state index contributed by atoms with van der Waals surface area (Å²) in [6, 6.07) is 16.3. The SMILES string of the molecule is OC(c1ccc(F)cc1)(c1ccccn1)c1ccccc1F. The number of pyridine rings is 1. The molecule has 110 valence electrons. The third-order valence-electron chi connectivity index (χ3n) is 3.56. The van der Waals surface area contributed by atoms with Gasteiger partial charge in [0, 0.05) is 11.8 Å². The van der Waals surface area contributed by atoms with Gasteiger partial charge in [0.1, 0.15) is 11.6 Å². The van der Waals surface area contributed by atoms with Crippen LogP contribution in [0.4, 0.5) is 8.78 Å². The number of rotatable bonds is 3. The van der Waals surface area contributed by atoms with Crippen molar-refractivity contribution in [2.24, 2.45) is 0 Å². The molecule has 2 aromatic carbocycles. The van der Waals surface area contributed by atoms with Crippen molar-refractivity contribution in [3.63, 3.8) is 0 Å². The van der Waals surface area contributed by atoms with Crippen LogP contribution < -0.4 is 0 Å². The van der Waals surface area contributed by atoms with Crippen LogP contribution in [-0.4, -0.2) is 10.1 Å². The van der Waals surface area contributed by atoms with Gasteiger partial charge < -0.3 is 5.11 Å². The molecular weight excluding hydrogens is 284 g/mol. The van der Waals surface area contributed by atoms with Crippen molar-refractivity contribution in [2.75, 3.05) is 0 Å². The predicted molar refractivity (Wildman–Crippen MR) is 79.1 cm³/mol. The Morgan fingerprint density at radius 3 is 2.14 bits per heavy atom. The summed E-state index contributed by atoms with van der Waals surface area (Å²) in [5.41, 5.74) is -1.11. The maximum absolute atomic E-state index is 14.3. The molecule has 2 nitrogen and oxygen atoms in total. The van der Waals surface area contributed by atoms with Gasteiger partial charge in [-0.15, -0.1) is 0 Å². The van der Waals surface area contributed by atoms with E-state index >= 15 is 0 Å². The van der Waals surface area contributed by atoms with Crippen LogP contribution >= 0.6 is 0 Å². The highest BCUT2D eigenvalue weighted by Crippen LogP contribution is 2.36. The van der Waals surface area contributed by atoms with E-state index in [2.05, 4.69) is 4.98 Å². The Labute approximate surface area is 126 Å². The van der Waals surface area contributed by atoms with E-state index in [9.17, 15) is 13.9 Å². The van der Waals surface area contributed by atoms with Crippen LogP contribution in [0.25, 0.3) is 0 Å².